The van der Waals surface area contributed by atoms with Crippen molar-refractivity contribution in [2.45, 2.75) is 44.8 Å². The summed E-state index contributed by atoms with van der Waals surface area (Å²) >= 11 is 0. The Hall–Kier alpha value is -1.02. The summed E-state index contributed by atoms with van der Waals surface area (Å²) in [6.07, 6.45) is 0.743. The predicted octanol–water partition coefficient (Wildman–Crippen LogP) is 2.01. The number of nitrogens with zero attached hydrogens (tertiary/aromatic N) is 4. The molecule has 2 fully saturated rings. The van der Waals surface area contributed by atoms with Crippen LogP contribution in [-0.4, -0.2) is 92.3 Å². The number of likely N-dealkylation sites (tertiary alicyclic amines) is 1. The quantitative estimate of drug-likeness (QED) is 0.445. The van der Waals surface area contributed by atoms with Crippen molar-refractivity contribution in [3.05, 3.63) is 0 Å². The SMILES string of the molecule is CN=C(NCCCCN1CCCC1)N1CCN(C(C)C(F)(F)F)CC1. The maximum Gasteiger partial charge on any atom is 0.403 e. The molecule has 0 bridgehead atoms. The van der Waals surface area contributed by atoms with Gasteiger partial charge in [-0.05, 0) is 52.2 Å². The molecule has 0 saturated carbocycles. The third-order valence-electron chi connectivity index (χ3n) is 5.23. The second-order valence-electron chi connectivity index (χ2n) is 6.97. The van der Waals surface area contributed by atoms with E-state index in [0.717, 1.165) is 25.5 Å². The van der Waals surface area contributed by atoms with E-state index in [1.54, 1.807) is 7.05 Å². The van der Waals surface area contributed by atoms with Crippen LogP contribution in [-0.2, 0) is 0 Å². The van der Waals surface area contributed by atoms with E-state index in [1.165, 1.54) is 44.2 Å². The first kappa shape index (κ1) is 20.3. The van der Waals surface area contributed by atoms with Crippen molar-refractivity contribution in [2.24, 2.45) is 4.99 Å². The van der Waals surface area contributed by atoms with Crippen LogP contribution < -0.4 is 5.32 Å². The molecule has 0 aromatic carbocycles. The molecular formula is C17H32F3N5. The molecule has 2 rings (SSSR count). The molecule has 1 unspecified atom stereocenters. The van der Waals surface area contributed by atoms with Gasteiger partial charge in [-0.15, -0.1) is 0 Å². The summed E-state index contributed by atoms with van der Waals surface area (Å²) in [6, 6.07) is -1.38. The minimum Gasteiger partial charge on any atom is -0.356 e. The second-order valence-corrected chi connectivity index (χ2v) is 6.97. The van der Waals surface area contributed by atoms with Crippen LogP contribution in [0.1, 0.15) is 32.6 Å². The fourth-order valence-electron chi connectivity index (χ4n) is 3.53. The Morgan fingerprint density at radius 3 is 2.24 bits per heavy atom. The first-order valence-corrected chi connectivity index (χ1v) is 9.40. The Labute approximate surface area is 149 Å². The molecule has 0 amide bonds. The van der Waals surface area contributed by atoms with E-state index in [4.69, 9.17) is 0 Å². The summed E-state index contributed by atoms with van der Waals surface area (Å²) in [5.41, 5.74) is 0. The molecule has 1 atom stereocenters. The van der Waals surface area contributed by atoms with E-state index in [2.05, 4.69) is 20.1 Å². The average molecular weight is 363 g/mol. The van der Waals surface area contributed by atoms with Gasteiger partial charge in [0.15, 0.2) is 5.96 Å². The molecule has 1 N–H and O–H groups in total. The van der Waals surface area contributed by atoms with Gasteiger partial charge in [0, 0.05) is 39.8 Å². The lowest BCUT2D eigenvalue weighted by atomic mass is 10.2. The van der Waals surface area contributed by atoms with Gasteiger partial charge in [0.25, 0.3) is 0 Å². The molecule has 8 heteroatoms. The standard InChI is InChI=1S/C17H32F3N5/c1-15(17(18,19)20)24-11-13-25(14-12-24)16(21-2)22-7-3-4-8-23-9-5-6-10-23/h15H,3-14H2,1-2H3,(H,21,22). The molecule has 5 nitrogen and oxygen atoms in total. The average Bonchev–Trinajstić information content (AvgIpc) is 3.10. The molecule has 2 aliphatic rings. The van der Waals surface area contributed by atoms with Crippen LogP contribution in [0.25, 0.3) is 0 Å². The van der Waals surface area contributed by atoms with Crippen molar-refractivity contribution in [1.82, 2.24) is 20.0 Å². The highest BCUT2D eigenvalue weighted by atomic mass is 19.4. The van der Waals surface area contributed by atoms with Gasteiger partial charge < -0.3 is 15.1 Å². The van der Waals surface area contributed by atoms with Crippen LogP contribution in [0, 0.1) is 0 Å². The molecule has 0 spiro atoms. The minimum atomic E-state index is -4.16. The third kappa shape index (κ3) is 6.33. The zero-order valence-electron chi connectivity index (χ0n) is 15.5. The summed E-state index contributed by atoms with van der Waals surface area (Å²) in [6.45, 7) is 7.71. The van der Waals surface area contributed by atoms with Gasteiger partial charge in [-0.1, -0.05) is 0 Å². The number of halogens is 3. The monoisotopic (exact) mass is 363 g/mol. The van der Waals surface area contributed by atoms with Crippen molar-refractivity contribution in [2.75, 3.05) is 59.4 Å². The number of aliphatic imine (C=N–C) groups is 1. The number of nitrogens with one attached hydrogen (secondary N) is 1. The van der Waals surface area contributed by atoms with E-state index >= 15 is 0 Å². The zero-order valence-corrected chi connectivity index (χ0v) is 15.5. The Balaban J connectivity index is 1.64. The molecule has 2 heterocycles. The highest BCUT2D eigenvalue weighted by Gasteiger charge is 2.41. The first-order valence-electron chi connectivity index (χ1n) is 9.40. The molecule has 0 radical (unpaired) electrons. The number of piperazine rings is 1. The lowest BCUT2D eigenvalue weighted by Crippen LogP contribution is -2.56. The minimum absolute atomic E-state index is 0.413. The van der Waals surface area contributed by atoms with Crippen LogP contribution >= 0.6 is 0 Å². The molecule has 25 heavy (non-hydrogen) atoms. The summed E-state index contributed by atoms with van der Waals surface area (Å²) in [7, 11) is 1.73. The maximum atomic E-state index is 12.8. The van der Waals surface area contributed by atoms with Crippen LogP contribution in [0.5, 0.6) is 0 Å². The summed E-state index contributed by atoms with van der Waals surface area (Å²) < 4.78 is 38.4. The summed E-state index contributed by atoms with van der Waals surface area (Å²) in [4.78, 5) is 10.4. The Morgan fingerprint density at radius 2 is 1.68 bits per heavy atom. The van der Waals surface area contributed by atoms with Gasteiger partial charge in [0.1, 0.15) is 6.04 Å². The number of alkyl halides is 3. The Morgan fingerprint density at radius 1 is 1.04 bits per heavy atom. The number of hydrogen-bond acceptors (Lipinski definition) is 3. The van der Waals surface area contributed by atoms with Crippen LogP contribution in [0.15, 0.2) is 4.99 Å². The van der Waals surface area contributed by atoms with Crippen molar-refractivity contribution in [3.63, 3.8) is 0 Å². The topological polar surface area (TPSA) is 34.1 Å². The molecule has 2 aliphatic heterocycles. The van der Waals surface area contributed by atoms with Crippen LogP contribution in [0.2, 0.25) is 0 Å². The number of rotatable bonds is 6. The van der Waals surface area contributed by atoms with Crippen molar-refractivity contribution < 1.29 is 13.2 Å². The fourth-order valence-corrected chi connectivity index (χ4v) is 3.53. The Bertz CT molecular complexity index is 413. The molecule has 0 aromatic heterocycles. The zero-order chi connectivity index (χ0) is 18.3. The Kier molecular flexibility index (Phi) is 7.81. The smallest absolute Gasteiger partial charge is 0.356 e. The van der Waals surface area contributed by atoms with Crippen LogP contribution in [0.3, 0.4) is 0 Å². The van der Waals surface area contributed by atoms with E-state index in [-0.39, 0.29) is 0 Å². The summed E-state index contributed by atoms with van der Waals surface area (Å²) in [5.74, 6) is 0.806. The second kappa shape index (κ2) is 9.62. The molecular weight excluding hydrogens is 331 g/mol. The van der Waals surface area contributed by atoms with Crippen molar-refractivity contribution >= 4 is 5.96 Å². The number of unbranched alkanes of at least 4 members (excludes halogenated alkanes) is 1. The number of hydrogen-bond donors (Lipinski definition) is 1. The molecule has 0 aliphatic carbocycles. The van der Waals surface area contributed by atoms with E-state index in [9.17, 15) is 13.2 Å². The highest BCUT2D eigenvalue weighted by Crippen LogP contribution is 2.25. The van der Waals surface area contributed by atoms with Crippen LogP contribution in [0.4, 0.5) is 13.2 Å². The van der Waals surface area contributed by atoms with Gasteiger partial charge in [-0.25, -0.2) is 0 Å². The normalized spacial score (nSPS) is 22.4. The molecule has 2 saturated heterocycles. The van der Waals surface area contributed by atoms with Gasteiger partial charge in [-0.3, -0.25) is 9.89 Å². The van der Waals surface area contributed by atoms with Gasteiger partial charge in [0.2, 0.25) is 0 Å². The van der Waals surface area contributed by atoms with E-state index in [1.807, 2.05) is 0 Å². The highest BCUT2D eigenvalue weighted by molar-refractivity contribution is 5.79. The molecule has 146 valence electrons. The molecule has 0 aromatic rings. The largest absolute Gasteiger partial charge is 0.403 e. The first-order chi connectivity index (χ1) is 11.9. The van der Waals surface area contributed by atoms with Gasteiger partial charge in [-0.2, -0.15) is 13.2 Å². The van der Waals surface area contributed by atoms with E-state index < -0.39 is 12.2 Å². The lowest BCUT2D eigenvalue weighted by molar-refractivity contribution is -0.181. The van der Waals surface area contributed by atoms with Crippen molar-refractivity contribution in [3.8, 4) is 0 Å². The fraction of sp³-hybridized carbons (Fsp3) is 0.941. The van der Waals surface area contributed by atoms with Crippen molar-refractivity contribution in [1.29, 1.82) is 0 Å². The third-order valence-corrected chi connectivity index (χ3v) is 5.23. The van der Waals surface area contributed by atoms with Gasteiger partial charge in [0.05, 0.1) is 0 Å². The van der Waals surface area contributed by atoms with E-state index in [0.29, 0.717) is 26.2 Å². The predicted molar refractivity (Wildman–Crippen MR) is 94.9 cm³/mol. The number of guanidine groups is 1. The maximum absolute atomic E-state index is 12.8. The summed E-state index contributed by atoms with van der Waals surface area (Å²) in [5, 5.41) is 3.36. The lowest BCUT2D eigenvalue weighted by Gasteiger charge is -2.39. The van der Waals surface area contributed by atoms with Gasteiger partial charge >= 0.3 is 6.18 Å².